The molecule has 0 saturated heterocycles. The third-order valence-electron chi connectivity index (χ3n) is 3.85. The van der Waals surface area contributed by atoms with Crippen molar-refractivity contribution in [2.24, 2.45) is 5.10 Å². The lowest BCUT2D eigenvalue weighted by Gasteiger charge is -2.16. The highest BCUT2D eigenvalue weighted by molar-refractivity contribution is 6.23. The molecule has 0 aromatic heterocycles. The molecule has 7 nitrogen and oxygen atoms in total. The van der Waals surface area contributed by atoms with Crippen LogP contribution in [0.25, 0.3) is 0 Å². The van der Waals surface area contributed by atoms with Crippen molar-refractivity contribution in [3.8, 4) is 0 Å². The zero-order valence-corrected chi connectivity index (χ0v) is 14.1. The first-order chi connectivity index (χ1) is 12.6. The average Bonchev–Trinajstić information content (AvgIpc) is 2.91. The second-order valence-electron chi connectivity index (χ2n) is 5.50. The molecule has 7 heteroatoms. The van der Waals surface area contributed by atoms with E-state index in [9.17, 15) is 14.4 Å². The van der Waals surface area contributed by atoms with Gasteiger partial charge in [0.25, 0.3) is 11.8 Å². The van der Waals surface area contributed by atoms with Gasteiger partial charge in [0.15, 0.2) is 0 Å². The number of benzene rings is 2. The van der Waals surface area contributed by atoms with Crippen molar-refractivity contribution in [1.82, 2.24) is 10.3 Å². The van der Waals surface area contributed by atoms with E-state index >= 15 is 0 Å². The normalized spacial score (nSPS) is 13.6. The molecule has 0 atom stereocenters. The van der Waals surface area contributed by atoms with Gasteiger partial charge in [-0.2, -0.15) is 5.10 Å². The summed E-state index contributed by atoms with van der Waals surface area (Å²) >= 11 is 0. The Bertz CT molecular complexity index is 842. The molecule has 0 unspecified atom stereocenters. The highest BCUT2D eigenvalue weighted by Crippen LogP contribution is 2.22. The molecule has 3 rings (SSSR count). The number of hydrazone groups is 1. The molecule has 1 heterocycles. The van der Waals surface area contributed by atoms with Crippen LogP contribution in [0.5, 0.6) is 0 Å². The number of imide groups is 1. The number of fused-ring (bicyclic) bond motifs is 1. The fraction of sp³-hybridized carbons (Fsp3) is 0.158. The summed E-state index contributed by atoms with van der Waals surface area (Å²) < 4.78 is 4.79. The van der Waals surface area contributed by atoms with Crippen LogP contribution in [-0.4, -0.2) is 41.7 Å². The second-order valence-corrected chi connectivity index (χ2v) is 5.50. The molecule has 26 heavy (non-hydrogen) atoms. The van der Waals surface area contributed by atoms with Gasteiger partial charge in [-0.05, 0) is 24.6 Å². The van der Waals surface area contributed by atoms with E-state index in [1.165, 1.54) is 0 Å². The van der Waals surface area contributed by atoms with E-state index in [1.807, 2.05) is 6.07 Å². The van der Waals surface area contributed by atoms with Gasteiger partial charge >= 0.3 is 6.09 Å². The van der Waals surface area contributed by atoms with Crippen LogP contribution in [0.4, 0.5) is 4.79 Å². The summed E-state index contributed by atoms with van der Waals surface area (Å²) in [6, 6.07) is 15.7. The van der Waals surface area contributed by atoms with Crippen molar-refractivity contribution >= 4 is 23.6 Å². The predicted octanol–water partition coefficient (Wildman–Crippen LogP) is 2.43. The summed E-state index contributed by atoms with van der Waals surface area (Å²) in [5.74, 6) is -0.768. The first-order valence-corrected chi connectivity index (χ1v) is 8.11. The fourth-order valence-corrected chi connectivity index (χ4v) is 2.63. The van der Waals surface area contributed by atoms with Crippen molar-refractivity contribution in [2.75, 3.05) is 13.2 Å². The van der Waals surface area contributed by atoms with Crippen molar-refractivity contribution in [2.45, 2.75) is 6.92 Å². The number of nitrogens with one attached hydrogen (secondary N) is 1. The summed E-state index contributed by atoms with van der Waals surface area (Å²) in [5.41, 5.74) is 4.06. The minimum absolute atomic E-state index is 0.0667. The lowest BCUT2D eigenvalue weighted by atomic mass is 10.1. The molecule has 0 radical (unpaired) electrons. The molecule has 0 saturated carbocycles. The van der Waals surface area contributed by atoms with Crippen LogP contribution in [0.15, 0.2) is 59.7 Å². The Morgan fingerprint density at radius 3 is 2.15 bits per heavy atom. The molecule has 0 aliphatic carbocycles. The first kappa shape index (κ1) is 17.3. The predicted molar refractivity (Wildman–Crippen MR) is 94.9 cm³/mol. The van der Waals surface area contributed by atoms with Crippen molar-refractivity contribution in [1.29, 1.82) is 0 Å². The van der Waals surface area contributed by atoms with Crippen LogP contribution in [0, 0.1) is 0 Å². The third kappa shape index (κ3) is 3.46. The molecule has 1 aliphatic rings. The molecule has 0 fully saturated rings. The molecule has 0 bridgehead atoms. The zero-order chi connectivity index (χ0) is 18.5. The molecule has 2 aromatic carbocycles. The van der Waals surface area contributed by atoms with Crippen molar-refractivity contribution < 1.29 is 19.1 Å². The summed E-state index contributed by atoms with van der Waals surface area (Å²) in [5, 5.41) is 4.05. The number of carbonyl (C=O) groups is 3. The Morgan fingerprint density at radius 2 is 1.58 bits per heavy atom. The minimum Gasteiger partial charge on any atom is -0.449 e. The SMILES string of the molecule is CCOC(=O)NN=C(CN1C(=O)c2ccccc2C1=O)c1ccccc1. The van der Waals surface area contributed by atoms with Crippen molar-refractivity contribution in [3.05, 3.63) is 71.3 Å². The highest BCUT2D eigenvalue weighted by Gasteiger charge is 2.35. The van der Waals surface area contributed by atoms with Gasteiger partial charge in [0.05, 0.1) is 30.0 Å². The van der Waals surface area contributed by atoms with Crippen LogP contribution >= 0.6 is 0 Å². The molecule has 1 aliphatic heterocycles. The van der Waals surface area contributed by atoms with E-state index in [-0.39, 0.29) is 25.0 Å². The Kier molecular flexibility index (Phi) is 5.07. The van der Waals surface area contributed by atoms with Crippen LogP contribution in [0.3, 0.4) is 0 Å². The molecule has 3 amide bonds. The monoisotopic (exact) mass is 351 g/mol. The maximum atomic E-state index is 12.6. The van der Waals surface area contributed by atoms with E-state index in [0.29, 0.717) is 22.4 Å². The molecular formula is C19H17N3O4. The summed E-state index contributed by atoms with van der Waals surface area (Å²) in [6.45, 7) is 1.82. The summed E-state index contributed by atoms with van der Waals surface area (Å²) in [7, 11) is 0. The van der Waals surface area contributed by atoms with Gasteiger partial charge in [0, 0.05) is 0 Å². The number of carbonyl (C=O) groups excluding carboxylic acids is 3. The number of amides is 3. The first-order valence-electron chi connectivity index (χ1n) is 8.11. The van der Waals surface area contributed by atoms with Crippen LogP contribution in [0.1, 0.15) is 33.2 Å². The van der Waals surface area contributed by atoms with E-state index in [0.717, 1.165) is 4.90 Å². The lowest BCUT2D eigenvalue weighted by Crippen LogP contribution is -2.36. The van der Waals surface area contributed by atoms with Gasteiger partial charge in [-0.25, -0.2) is 10.2 Å². The highest BCUT2D eigenvalue weighted by atomic mass is 16.5. The average molecular weight is 351 g/mol. The number of nitrogens with zero attached hydrogens (tertiary/aromatic N) is 2. The molecule has 0 spiro atoms. The number of hydrogen-bond acceptors (Lipinski definition) is 5. The quantitative estimate of drug-likeness (QED) is 0.509. The smallest absolute Gasteiger partial charge is 0.427 e. The largest absolute Gasteiger partial charge is 0.449 e. The second kappa shape index (κ2) is 7.60. The van der Waals surface area contributed by atoms with Crippen LogP contribution in [-0.2, 0) is 4.74 Å². The fourth-order valence-electron chi connectivity index (χ4n) is 2.63. The van der Waals surface area contributed by atoms with E-state index in [2.05, 4.69) is 10.5 Å². The topological polar surface area (TPSA) is 88.1 Å². The lowest BCUT2D eigenvalue weighted by molar-refractivity contribution is 0.0677. The Morgan fingerprint density at radius 1 is 1.00 bits per heavy atom. The van der Waals surface area contributed by atoms with Gasteiger partial charge in [-0.15, -0.1) is 0 Å². The molecular weight excluding hydrogens is 334 g/mol. The summed E-state index contributed by atoms with van der Waals surface area (Å²) in [4.78, 5) is 37.8. The Labute approximate surface area is 150 Å². The van der Waals surface area contributed by atoms with Gasteiger partial charge < -0.3 is 4.74 Å². The standard InChI is InChI=1S/C19H17N3O4/c1-2-26-19(25)21-20-16(13-8-4-3-5-9-13)12-22-17(23)14-10-6-7-11-15(14)18(22)24/h3-11H,2,12H2,1H3,(H,21,25). The number of ether oxygens (including phenoxy) is 1. The Balaban J connectivity index is 1.87. The van der Waals surface area contributed by atoms with Gasteiger partial charge in [0.2, 0.25) is 0 Å². The maximum Gasteiger partial charge on any atom is 0.427 e. The van der Waals surface area contributed by atoms with E-state index in [1.54, 1.807) is 55.5 Å². The number of hydrogen-bond donors (Lipinski definition) is 1. The van der Waals surface area contributed by atoms with Crippen LogP contribution < -0.4 is 5.43 Å². The van der Waals surface area contributed by atoms with Crippen molar-refractivity contribution in [3.63, 3.8) is 0 Å². The number of rotatable bonds is 5. The molecule has 1 N–H and O–H groups in total. The zero-order valence-electron chi connectivity index (χ0n) is 14.1. The van der Waals surface area contributed by atoms with Gasteiger partial charge in [0.1, 0.15) is 0 Å². The van der Waals surface area contributed by atoms with E-state index in [4.69, 9.17) is 4.74 Å². The minimum atomic E-state index is -0.705. The summed E-state index contributed by atoms with van der Waals surface area (Å²) in [6.07, 6.45) is -0.705. The van der Waals surface area contributed by atoms with Gasteiger partial charge in [-0.1, -0.05) is 42.5 Å². The van der Waals surface area contributed by atoms with Gasteiger partial charge in [-0.3, -0.25) is 14.5 Å². The molecule has 132 valence electrons. The van der Waals surface area contributed by atoms with Crippen LogP contribution in [0.2, 0.25) is 0 Å². The molecule has 2 aromatic rings. The van der Waals surface area contributed by atoms with E-state index < -0.39 is 6.09 Å². The maximum absolute atomic E-state index is 12.6. The third-order valence-corrected chi connectivity index (χ3v) is 3.85. The Hall–Kier alpha value is -3.48.